The lowest BCUT2D eigenvalue weighted by Gasteiger charge is -2.27. The van der Waals surface area contributed by atoms with Crippen LogP contribution in [0.3, 0.4) is 0 Å². The number of nitrogens with zero attached hydrogens (tertiary/aromatic N) is 1. The Morgan fingerprint density at radius 2 is 2.11 bits per heavy atom. The van der Waals surface area contributed by atoms with Crippen molar-refractivity contribution in [2.75, 3.05) is 32.9 Å². The summed E-state index contributed by atoms with van der Waals surface area (Å²) in [5.41, 5.74) is 1.74. The molecule has 0 spiro atoms. The first-order chi connectivity index (χ1) is 8.72. The Kier molecular flexibility index (Phi) is 4.20. The number of hydrogen-bond acceptors (Lipinski definition) is 3. The summed E-state index contributed by atoms with van der Waals surface area (Å²) in [6.45, 7) is 7.10. The number of ether oxygens (including phenoxy) is 2. The van der Waals surface area contributed by atoms with E-state index in [4.69, 9.17) is 9.47 Å². The van der Waals surface area contributed by atoms with E-state index in [-0.39, 0.29) is 5.91 Å². The topological polar surface area (TPSA) is 38.8 Å². The second-order valence-electron chi connectivity index (χ2n) is 4.32. The molecule has 0 aromatic heterocycles. The van der Waals surface area contributed by atoms with E-state index in [9.17, 15) is 4.79 Å². The third kappa shape index (κ3) is 2.82. The lowest BCUT2D eigenvalue weighted by molar-refractivity contribution is 0.0302. The number of hydrogen-bond donors (Lipinski definition) is 0. The fraction of sp³-hybridized carbons (Fsp3) is 0.500. The van der Waals surface area contributed by atoms with Gasteiger partial charge in [0.15, 0.2) is 0 Å². The van der Waals surface area contributed by atoms with Crippen molar-refractivity contribution in [3.05, 3.63) is 29.3 Å². The van der Waals surface area contributed by atoms with Crippen LogP contribution in [0.15, 0.2) is 18.2 Å². The van der Waals surface area contributed by atoms with Gasteiger partial charge in [-0.3, -0.25) is 4.79 Å². The molecule has 0 bridgehead atoms. The minimum atomic E-state index is 0.0549. The molecule has 0 N–H and O–H groups in total. The van der Waals surface area contributed by atoms with Gasteiger partial charge in [0.05, 0.1) is 19.8 Å². The van der Waals surface area contributed by atoms with Crippen LogP contribution in [0.25, 0.3) is 0 Å². The first-order valence-corrected chi connectivity index (χ1v) is 6.33. The predicted octanol–water partition coefficient (Wildman–Crippen LogP) is 1.87. The molecule has 1 saturated heterocycles. The zero-order valence-electron chi connectivity index (χ0n) is 10.9. The molecule has 1 aliphatic heterocycles. The van der Waals surface area contributed by atoms with E-state index in [1.165, 1.54) is 0 Å². The van der Waals surface area contributed by atoms with Gasteiger partial charge in [-0.1, -0.05) is 6.07 Å². The van der Waals surface area contributed by atoms with E-state index in [0.717, 1.165) is 11.3 Å². The number of carbonyl (C=O) groups is 1. The number of aryl methyl sites for hydroxylation is 1. The first-order valence-electron chi connectivity index (χ1n) is 6.33. The van der Waals surface area contributed by atoms with Crippen LogP contribution in [0.1, 0.15) is 22.8 Å². The highest BCUT2D eigenvalue weighted by Gasteiger charge is 2.19. The average molecular weight is 249 g/mol. The van der Waals surface area contributed by atoms with Crippen LogP contribution in [0.2, 0.25) is 0 Å². The molecule has 4 nitrogen and oxygen atoms in total. The molecule has 0 saturated carbocycles. The molecule has 1 aliphatic rings. The summed E-state index contributed by atoms with van der Waals surface area (Å²) >= 11 is 0. The van der Waals surface area contributed by atoms with Crippen molar-refractivity contribution < 1.29 is 14.3 Å². The van der Waals surface area contributed by atoms with Crippen molar-refractivity contribution in [1.29, 1.82) is 0 Å². The van der Waals surface area contributed by atoms with Gasteiger partial charge in [0.2, 0.25) is 0 Å². The molecular formula is C14H19NO3. The molecule has 4 heteroatoms. The summed E-state index contributed by atoms with van der Waals surface area (Å²) in [5.74, 6) is 0.843. The summed E-state index contributed by atoms with van der Waals surface area (Å²) in [6, 6.07) is 5.62. The predicted molar refractivity (Wildman–Crippen MR) is 69.1 cm³/mol. The van der Waals surface area contributed by atoms with E-state index in [1.54, 1.807) is 0 Å². The zero-order valence-corrected chi connectivity index (χ0v) is 10.9. The highest BCUT2D eigenvalue weighted by Crippen LogP contribution is 2.20. The first kappa shape index (κ1) is 12.9. The molecule has 0 atom stereocenters. The summed E-state index contributed by atoms with van der Waals surface area (Å²) < 4.78 is 10.8. The van der Waals surface area contributed by atoms with E-state index in [2.05, 4.69) is 0 Å². The Hall–Kier alpha value is -1.55. The maximum atomic E-state index is 12.3. The van der Waals surface area contributed by atoms with Gasteiger partial charge < -0.3 is 14.4 Å². The van der Waals surface area contributed by atoms with Crippen molar-refractivity contribution in [2.45, 2.75) is 13.8 Å². The highest BCUT2D eigenvalue weighted by molar-refractivity contribution is 5.94. The zero-order chi connectivity index (χ0) is 13.0. The summed E-state index contributed by atoms with van der Waals surface area (Å²) in [5, 5.41) is 0. The summed E-state index contributed by atoms with van der Waals surface area (Å²) in [6.07, 6.45) is 0. The molecule has 1 fully saturated rings. The highest BCUT2D eigenvalue weighted by atomic mass is 16.5. The van der Waals surface area contributed by atoms with Crippen LogP contribution in [-0.2, 0) is 4.74 Å². The number of rotatable bonds is 3. The van der Waals surface area contributed by atoms with Crippen LogP contribution >= 0.6 is 0 Å². The molecule has 0 unspecified atom stereocenters. The molecule has 0 radical (unpaired) electrons. The second-order valence-corrected chi connectivity index (χ2v) is 4.32. The monoisotopic (exact) mass is 249 g/mol. The van der Waals surface area contributed by atoms with Crippen LogP contribution in [0.5, 0.6) is 5.75 Å². The normalized spacial score (nSPS) is 15.6. The van der Waals surface area contributed by atoms with E-state index >= 15 is 0 Å². The molecule has 1 heterocycles. The van der Waals surface area contributed by atoms with Gasteiger partial charge in [0.25, 0.3) is 5.91 Å². The number of morpholine rings is 1. The van der Waals surface area contributed by atoms with E-state index < -0.39 is 0 Å². The van der Waals surface area contributed by atoms with Crippen molar-refractivity contribution in [3.8, 4) is 5.75 Å². The van der Waals surface area contributed by atoms with Crippen molar-refractivity contribution in [1.82, 2.24) is 4.90 Å². The van der Waals surface area contributed by atoms with Gasteiger partial charge >= 0.3 is 0 Å². The van der Waals surface area contributed by atoms with Gasteiger partial charge in [0, 0.05) is 18.7 Å². The fourth-order valence-corrected chi connectivity index (χ4v) is 1.99. The molecular weight excluding hydrogens is 230 g/mol. The van der Waals surface area contributed by atoms with Crippen molar-refractivity contribution in [2.24, 2.45) is 0 Å². The molecule has 18 heavy (non-hydrogen) atoms. The van der Waals surface area contributed by atoms with Gasteiger partial charge in [0.1, 0.15) is 5.75 Å². The Morgan fingerprint density at radius 1 is 1.39 bits per heavy atom. The molecule has 98 valence electrons. The van der Waals surface area contributed by atoms with Gasteiger partial charge in [-0.25, -0.2) is 0 Å². The number of carbonyl (C=O) groups excluding carboxylic acids is 1. The maximum absolute atomic E-state index is 12.3. The van der Waals surface area contributed by atoms with Gasteiger partial charge in [-0.05, 0) is 31.5 Å². The average Bonchev–Trinajstić information content (AvgIpc) is 2.42. The number of benzene rings is 1. The van der Waals surface area contributed by atoms with Crippen LogP contribution in [-0.4, -0.2) is 43.7 Å². The standard InChI is InChI=1S/C14H19NO3/c1-3-18-13-10-12(5-4-11(13)2)14(16)15-6-8-17-9-7-15/h4-5,10H,3,6-9H2,1-2H3. The molecule has 1 aromatic rings. The third-order valence-corrected chi connectivity index (χ3v) is 3.03. The molecule has 1 amide bonds. The fourth-order valence-electron chi connectivity index (χ4n) is 1.99. The Bertz CT molecular complexity index is 425. The number of amides is 1. The minimum absolute atomic E-state index is 0.0549. The Labute approximate surface area is 107 Å². The van der Waals surface area contributed by atoms with Gasteiger partial charge in [-0.2, -0.15) is 0 Å². The molecule has 0 aliphatic carbocycles. The molecule has 2 rings (SSSR count). The largest absolute Gasteiger partial charge is 0.494 e. The Balaban J connectivity index is 2.16. The lowest BCUT2D eigenvalue weighted by atomic mass is 10.1. The van der Waals surface area contributed by atoms with Crippen LogP contribution in [0.4, 0.5) is 0 Å². The van der Waals surface area contributed by atoms with Crippen LogP contribution < -0.4 is 4.74 Å². The third-order valence-electron chi connectivity index (χ3n) is 3.03. The smallest absolute Gasteiger partial charge is 0.254 e. The van der Waals surface area contributed by atoms with Crippen molar-refractivity contribution in [3.63, 3.8) is 0 Å². The maximum Gasteiger partial charge on any atom is 0.254 e. The van der Waals surface area contributed by atoms with Crippen molar-refractivity contribution >= 4 is 5.91 Å². The minimum Gasteiger partial charge on any atom is -0.494 e. The summed E-state index contributed by atoms with van der Waals surface area (Å²) in [4.78, 5) is 14.1. The van der Waals surface area contributed by atoms with Gasteiger partial charge in [-0.15, -0.1) is 0 Å². The lowest BCUT2D eigenvalue weighted by Crippen LogP contribution is -2.40. The Morgan fingerprint density at radius 3 is 2.78 bits per heavy atom. The van der Waals surface area contributed by atoms with E-state index in [1.807, 2.05) is 36.9 Å². The second kappa shape index (κ2) is 5.87. The SMILES string of the molecule is CCOc1cc(C(=O)N2CCOCC2)ccc1C. The van der Waals surface area contributed by atoms with E-state index in [0.29, 0.717) is 38.5 Å². The quantitative estimate of drug-likeness (QED) is 0.821. The summed E-state index contributed by atoms with van der Waals surface area (Å²) in [7, 11) is 0. The van der Waals surface area contributed by atoms with Crippen LogP contribution in [0, 0.1) is 6.92 Å². The molecule has 1 aromatic carbocycles.